The quantitative estimate of drug-likeness (QED) is 0.303. The Morgan fingerprint density at radius 1 is 0.923 bits per heavy atom. The molecule has 5 aliphatic rings. The molecule has 0 heterocycles. The van der Waals surface area contributed by atoms with Crippen molar-refractivity contribution in [2.45, 2.75) is 83.5 Å². The normalized spacial score (nSPS) is 45.3. The lowest BCUT2D eigenvalue weighted by molar-refractivity contribution is -0.193. The van der Waals surface area contributed by atoms with E-state index in [0.29, 0.717) is 5.92 Å². The average Bonchev–Trinajstić information content (AvgIpc) is 3.35. The lowest BCUT2D eigenvalue weighted by Gasteiger charge is -2.36. The number of allylic oxidation sites excluding steroid dienone is 2. The number of rotatable bonds is 4. The van der Waals surface area contributed by atoms with Crippen LogP contribution < -0.4 is 0 Å². The highest BCUT2D eigenvalue weighted by Crippen LogP contribution is 2.67. The molecule has 3 heteroatoms. The van der Waals surface area contributed by atoms with Crippen molar-refractivity contribution in [1.82, 2.24) is 0 Å². The molecule has 0 amide bonds. The molecule has 3 nitrogen and oxygen atoms in total. The van der Waals surface area contributed by atoms with E-state index in [1.807, 2.05) is 6.92 Å². The summed E-state index contributed by atoms with van der Waals surface area (Å²) in [6, 6.07) is 0. The van der Waals surface area contributed by atoms with Gasteiger partial charge in [0.25, 0.3) is 0 Å². The zero-order valence-corrected chi connectivity index (χ0v) is 16.1. The minimum Gasteiger partial charge on any atom is -0.436 e. The molecule has 0 N–H and O–H groups in total. The molecule has 144 valence electrons. The summed E-state index contributed by atoms with van der Waals surface area (Å²) in [5.74, 6) is 4.72. The SMILES string of the molecule is CC(OC(=O)C1CC2CC1C1C3C=CC(C3)C21)OC1CCCCCCC1. The van der Waals surface area contributed by atoms with Crippen LogP contribution in [0.4, 0.5) is 0 Å². The molecule has 26 heavy (non-hydrogen) atoms. The van der Waals surface area contributed by atoms with E-state index < -0.39 is 0 Å². The smallest absolute Gasteiger partial charge is 0.311 e. The van der Waals surface area contributed by atoms with Crippen molar-refractivity contribution >= 4 is 5.97 Å². The molecule has 0 aromatic heterocycles. The minimum absolute atomic E-state index is 0.0287. The molecule has 0 saturated heterocycles. The standard InChI is InChI=1S/C23H34O3/c1-14(25-18-7-5-3-2-4-6-8-18)26-23(24)20-13-17-12-19(20)22-16-10-9-15(11-16)21(17)22/h9-10,14-22H,2-8,11-13H2,1H3. The van der Waals surface area contributed by atoms with E-state index in [1.54, 1.807) is 0 Å². The van der Waals surface area contributed by atoms with Crippen molar-refractivity contribution < 1.29 is 14.3 Å². The zero-order chi connectivity index (χ0) is 17.7. The second-order valence-electron chi connectivity index (χ2n) is 9.71. The van der Waals surface area contributed by atoms with Gasteiger partial charge < -0.3 is 9.47 Å². The van der Waals surface area contributed by atoms with Gasteiger partial charge in [-0.3, -0.25) is 4.79 Å². The van der Waals surface area contributed by atoms with Crippen molar-refractivity contribution in [2.24, 2.45) is 41.4 Å². The van der Waals surface area contributed by atoms with Gasteiger partial charge in [0.05, 0.1) is 12.0 Å². The topological polar surface area (TPSA) is 35.5 Å². The van der Waals surface area contributed by atoms with Crippen molar-refractivity contribution in [2.75, 3.05) is 0 Å². The Bertz CT molecular complexity index is 562. The molecule has 4 fully saturated rings. The van der Waals surface area contributed by atoms with Crippen LogP contribution in [-0.4, -0.2) is 18.4 Å². The molecule has 0 aromatic rings. The van der Waals surface area contributed by atoms with Gasteiger partial charge in [0.15, 0.2) is 6.29 Å². The summed E-state index contributed by atoms with van der Waals surface area (Å²) in [4.78, 5) is 12.9. The molecule has 5 aliphatic carbocycles. The van der Waals surface area contributed by atoms with E-state index in [1.165, 1.54) is 44.9 Å². The molecule has 0 aliphatic heterocycles. The molecule has 4 bridgehead atoms. The summed E-state index contributed by atoms with van der Waals surface area (Å²) in [6.07, 6.45) is 17.2. The van der Waals surface area contributed by atoms with Crippen molar-refractivity contribution in [1.29, 1.82) is 0 Å². The Labute approximate surface area is 157 Å². The fourth-order valence-corrected chi connectivity index (χ4v) is 7.39. The third-order valence-corrected chi connectivity index (χ3v) is 8.29. The Kier molecular flexibility index (Phi) is 4.63. The highest BCUT2D eigenvalue weighted by Gasteiger charge is 2.62. The number of carbonyl (C=O) groups excluding carboxylic acids is 1. The Hall–Kier alpha value is -0.830. The van der Waals surface area contributed by atoms with Gasteiger partial charge in [0.1, 0.15) is 0 Å². The van der Waals surface area contributed by atoms with E-state index in [0.717, 1.165) is 48.9 Å². The third-order valence-electron chi connectivity index (χ3n) is 8.29. The van der Waals surface area contributed by atoms with Gasteiger partial charge in [-0.25, -0.2) is 0 Å². The van der Waals surface area contributed by atoms with Crippen molar-refractivity contribution in [3.05, 3.63) is 12.2 Å². The predicted molar refractivity (Wildman–Crippen MR) is 100 cm³/mol. The van der Waals surface area contributed by atoms with Gasteiger partial charge in [-0.2, -0.15) is 0 Å². The first-order valence-corrected chi connectivity index (χ1v) is 11.2. The second-order valence-corrected chi connectivity index (χ2v) is 9.71. The minimum atomic E-state index is -0.387. The van der Waals surface area contributed by atoms with E-state index >= 15 is 0 Å². The fourth-order valence-electron chi connectivity index (χ4n) is 7.39. The van der Waals surface area contributed by atoms with Crippen LogP contribution in [0, 0.1) is 41.4 Å². The largest absolute Gasteiger partial charge is 0.436 e. The number of carbonyl (C=O) groups is 1. The van der Waals surface area contributed by atoms with Crippen molar-refractivity contribution in [3.8, 4) is 0 Å². The van der Waals surface area contributed by atoms with Gasteiger partial charge >= 0.3 is 5.97 Å². The first kappa shape index (κ1) is 17.3. The molecule has 0 spiro atoms. The number of fused-ring (bicyclic) bond motifs is 9. The molecule has 4 saturated carbocycles. The maximum atomic E-state index is 12.9. The van der Waals surface area contributed by atoms with Crippen LogP contribution >= 0.6 is 0 Å². The second kappa shape index (κ2) is 6.96. The van der Waals surface area contributed by atoms with E-state index in [9.17, 15) is 4.79 Å². The Balaban J connectivity index is 1.16. The van der Waals surface area contributed by atoms with Crippen LogP contribution in [0.2, 0.25) is 0 Å². The molecule has 8 atom stereocenters. The van der Waals surface area contributed by atoms with E-state index in [2.05, 4.69) is 12.2 Å². The lowest BCUT2D eigenvalue weighted by Crippen LogP contribution is -2.37. The van der Waals surface area contributed by atoms with Crippen LogP contribution in [0.3, 0.4) is 0 Å². The molecule has 0 radical (unpaired) electrons. The third kappa shape index (κ3) is 2.95. The molecule has 8 unspecified atom stereocenters. The maximum Gasteiger partial charge on any atom is 0.311 e. The predicted octanol–water partition coefficient (Wildman–Crippen LogP) is 5.10. The number of ether oxygens (including phenoxy) is 2. The first-order chi connectivity index (χ1) is 12.7. The Morgan fingerprint density at radius 3 is 2.38 bits per heavy atom. The summed E-state index contributed by atoms with van der Waals surface area (Å²) in [5, 5.41) is 0. The van der Waals surface area contributed by atoms with Crippen LogP contribution in [0.15, 0.2) is 12.2 Å². The molecular weight excluding hydrogens is 324 g/mol. The van der Waals surface area contributed by atoms with Crippen LogP contribution in [-0.2, 0) is 14.3 Å². The van der Waals surface area contributed by atoms with Gasteiger partial charge in [-0.15, -0.1) is 0 Å². The van der Waals surface area contributed by atoms with Crippen LogP contribution in [0.1, 0.15) is 71.1 Å². The zero-order valence-electron chi connectivity index (χ0n) is 16.1. The van der Waals surface area contributed by atoms with Crippen LogP contribution in [0.25, 0.3) is 0 Å². The highest BCUT2D eigenvalue weighted by molar-refractivity contribution is 5.73. The van der Waals surface area contributed by atoms with Gasteiger partial charge in [0, 0.05) is 0 Å². The van der Waals surface area contributed by atoms with Gasteiger partial charge in [0.2, 0.25) is 0 Å². The summed E-state index contributed by atoms with van der Waals surface area (Å²) in [7, 11) is 0. The fraction of sp³-hybridized carbons (Fsp3) is 0.870. The van der Waals surface area contributed by atoms with Crippen LogP contribution in [0.5, 0.6) is 0 Å². The van der Waals surface area contributed by atoms with E-state index in [4.69, 9.17) is 9.47 Å². The first-order valence-electron chi connectivity index (χ1n) is 11.2. The number of esters is 1. The molecule has 0 aromatic carbocycles. The molecule has 5 rings (SSSR count). The summed E-state index contributed by atoms with van der Waals surface area (Å²) in [5.41, 5.74) is 0. The summed E-state index contributed by atoms with van der Waals surface area (Å²) >= 11 is 0. The monoisotopic (exact) mass is 358 g/mol. The number of hydrogen-bond acceptors (Lipinski definition) is 3. The summed E-state index contributed by atoms with van der Waals surface area (Å²) in [6.45, 7) is 1.92. The summed E-state index contributed by atoms with van der Waals surface area (Å²) < 4.78 is 11.9. The highest BCUT2D eigenvalue weighted by atomic mass is 16.7. The number of hydrogen-bond donors (Lipinski definition) is 0. The maximum absolute atomic E-state index is 12.9. The van der Waals surface area contributed by atoms with Crippen molar-refractivity contribution in [3.63, 3.8) is 0 Å². The Morgan fingerprint density at radius 2 is 1.62 bits per heavy atom. The molecular formula is C23H34O3. The van der Waals surface area contributed by atoms with Gasteiger partial charge in [-0.05, 0) is 74.5 Å². The van der Waals surface area contributed by atoms with Gasteiger partial charge in [-0.1, -0.05) is 44.3 Å². The van der Waals surface area contributed by atoms with E-state index in [-0.39, 0.29) is 24.3 Å². The average molecular weight is 359 g/mol. The lowest BCUT2D eigenvalue weighted by atomic mass is 9.69.